The molecular weight excluding hydrogens is 270 g/mol. The van der Waals surface area contributed by atoms with Gasteiger partial charge in [0.25, 0.3) is 0 Å². The number of aryl methyl sites for hydroxylation is 1. The van der Waals surface area contributed by atoms with Crippen molar-refractivity contribution in [3.8, 4) is 0 Å². The van der Waals surface area contributed by atoms with Crippen LogP contribution in [0.25, 0.3) is 10.2 Å². The monoisotopic (exact) mass is 291 g/mol. The maximum absolute atomic E-state index is 6.14. The third-order valence-electron chi connectivity index (χ3n) is 4.11. The molecule has 108 valence electrons. The maximum atomic E-state index is 6.14. The Kier molecular flexibility index (Phi) is 3.56. The first-order valence-electron chi connectivity index (χ1n) is 7.01. The minimum absolute atomic E-state index is 0.412. The number of anilines is 2. The van der Waals surface area contributed by atoms with Crippen molar-refractivity contribution in [3.63, 3.8) is 0 Å². The van der Waals surface area contributed by atoms with Crippen molar-refractivity contribution in [1.82, 2.24) is 4.98 Å². The van der Waals surface area contributed by atoms with Gasteiger partial charge >= 0.3 is 0 Å². The van der Waals surface area contributed by atoms with Crippen LogP contribution in [-0.4, -0.2) is 25.2 Å². The second-order valence-electron chi connectivity index (χ2n) is 5.74. The van der Waals surface area contributed by atoms with Gasteiger partial charge in [-0.25, -0.2) is 4.98 Å². The summed E-state index contributed by atoms with van der Waals surface area (Å²) < 4.78 is 6.35. The SMILES string of the molecule is COCCC1(CNc2cc3nc(C)sc3cc2N)CC1. The Hall–Kier alpha value is -1.33. The number of rotatable bonds is 6. The molecule has 1 heterocycles. The molecule has 20 heavy (non-hydrogen) atoms. The normalized spacial score (nSPS) is 16.5. The standard InChI is InChI=1S/C15H21N3OS/c1-10-18-13-8-12(11(16)7-14(13)20-10)17-9-15(3-4-15)5-6-19-2/h7-8,17H,3-6,9,16H2,1-2H3. The number of fused-ring (bicyclic) bond motifs is 1. The minimum atomic E-state index is 0.412. The van der Waals surface area contributed by atoms with E-state index in [1.807, 2.05) is 13.0 Å². The highest BCUT2D eigenvalue weighted by Gasteiger charge is 2.41. The fourth-order valence-corrected chi connectivity index (χ4v) is 3.41. The molecular formula is C15H21N3OS. The Morgan fingerprint density at radius 1 is 1.45 bits per heavy atom. The number of ether oxygens (including phenoxy) is 1. The highest BCUT2D eigenvalue weighted by Crippen LogP contribution is 2.49. The van der Waals surface area contributed by atoms with Gasteiger partial charge in [-0.3, -0.25) is 0 Å². The second kappa shape index (κ2) is 5.22. The molecule has 0 bridgehead atoms. The van der Waals surface area contributed by atoms with Crippen LogP contribution in [0.3, 0.4) is 0 Å². The van der Waals surface area contributed by atoms with Crippen LogP contribution in [-0.2, 0) is 4.74 Å². The van der Waals surface area contributed by atoms with Crippen molar-refractivity contribution in [2.24, 2.45) is 5.41 Å². The van der Waals surface area contributed by atoms with Gasteiger partial charge in [0, 0.05) is 20.3 Å². The molecule has 0 saturated heterocycles. The third-order valence-corrected chi connectivity index (χ3v) is 5.05. The molecule has 3 rings (SSSR count). The average Bonchev–Trinajstić information content (AvgIpc) is 3.10. The molecule has 0 spiro atoms. The first-order valence-corrected chi connectivity index (χ1v) is 7.83. The van der Waals surface area contributed by atoms with Gasteiger partial charge in [-0.2, -0.15) is 0 Å². The number of methoxy groups -OCH3 is 1. The summed E-state index contributed by atoms with van der Waals surface area (Å²) in [7, 11) is 1.76. The summed E-state index contributed by atoms with van der Waals surface area (Å²) in [6.45, 7) is 3.83. The average molecular weight is 291 g/mol. The van der Waals surface area contributed by atoms with Crippen LogP contribution in [0.1, 0.15) is 24.3 Å². The van der Waals surface area contributed by atoms with Gasteiger partial charge in [-0.1, -0.05) is 0 Å². The van der Waals surface area contributed by atoms with Gasteiger partial charge in [0.05, 0.1) is 26.6 Å². The van der Waals surface area contributed by atoms with E-state index in [1.54, 1.807) is 18.4 Å². The van der Waals surface area contributed by atoms with Crippen molar-refractivity contribution >= 4 is 32.9 Å². The van der Waals surface area contributed by atoms with E-state index < -0.39 is 0 Å². The largest absolute Gasteiger partial charge is 0.397 e. The predicted octanol–water partition coefficient (Wildman–Crippen LogP) is 3.42. The Balaban J connectivity index is 1.72. The molecule has 2 aromatic rings. The number of thiazole rings is 1. The first kappa shape index (κ1) is 13.6. The zero-order valence-corrected chi connectivity index (χ0v) is 12.8. The van der Waals surface area contributed by atoms with E-state index in [9.17, 15) is 0 Å². The highest BCUT2D eigenvalue weighted by atomic mass is 32.1. The molecule has 1 aromatic carbocycles. The highest BCUT2D eigenvalue weighted by molar-refractivity contribution is 7.18. The van der Waals surface area contributed by atoms with Crippen LogP contribution in [0.2, 0.25) is 0 Å². The lowest BCUT2D eigenvalue weighted by atomic mass is 10.0. The van der Waals surface area contributed by atoms with Gasteiger partial charge in [-0.15, -0.1) is 11.3 Å². The number of hydrogen-bond donors (Lipinski definition) is 2. The molecule has 0 amide bonds. The molecule has 1 fully saturated rings. The van der Waals surface area contributed by atoms with E-state index in [4.69, 9.17) is 10.5 Å². The van der Waals surface area contributed by atoms with Crippen LogP contribution in [0, 0.1) is 12.3 Å². The van der Waals surface area contributed by atoms with Gasteiger partial charge in [0.1, 0.15) is 0 Å². The van der Waals surface area contributed by atoms with E-state index in [-0.39, 0.29) is 0 Å². The summed E-state index contributed by atoms with van der Waals surface area (Å²) in [5.41, 5.74) is 9.40. The molecule has 0 atom stereocenters. The van der Waals surface area contributed by atoms with Crippen molar-refractivity contribution in [1.29, 1.82) is 0 Å². The zero-order chi connectivity index (χ0) is 14.2. The Morgan fingerprint density at radius 2 is 2.25 bits per heavy atom. The van der Waals surface area contributed by atoms with Crippen LogP contribution in [0.4, 0.5) is 11.4 Å². The van der Waals surface area contributed by atoms with Crippen molar-refractivity contribution in [3.05, 3.63) is 17.1 Å². The number of hydrogen-bond acceptors (Lipinski definition) is 5. The second-order valence-corrected chi connectivity index (χ2v) is 6.97. The molecule has 4 nitrogen and oxygen atoms in total. The quantitative estimate of drug-likeness (QED) is 0.801. The van der Waals surface area contributed by atoms with Crippen LogP contribution < -0.4 is 11.1 Å². The van der Waals surface area contributed by atoms with Crippen LogP contribution in [0.15, 0.2) is 12.1 Å². The van der Waals surface area contributed by atoms with E-state index in [0.29, 0.717) is 5.41 Å². The Labute approximate surface area is 123 Å². The summed E-state index contributed by atoms with van der Waals surface area (Å²) in [5.74, 6) is 0. The molecule has 1 aromatic heterocycles. The van der Waals surface area contributed by atoms with E-state index >= 15 is 0 Å². The lowest BCUT2D eigenvalue weighted by Crippen LogP contribution is -2.17. The number of benzene rings is 1. The van der Waals surface area contributed by atoms with Gasteiger partial charge < -0.3 is 15.8 Å². The molecule has 3 N–H and O–H groups in total. The number of nitrogens with two attached hydrogens (primary N) is 1. The third kappa shape index (κ3) is 2.74. The van der Waals surface area contributed by atoms with Gasteiger partial charge in [0.15, 0.2) is 0 Å². The fraction of sp³-hybridized carbons (Fsp3) is 0.533. The van der Waals surface area contributed by atoms with Crippen molar-refractivity contribution in [2.45, 2.75) is 26.2 Å². The molecule has 1 saturated carbocycles. The summed E-state index contributed by atoms with van der Waals surface area (Å²) in [6, 6.07) is 4.09. The summed E-state index contributed by atoms with van der Waals surface area (Å²) >= 11 is 1.69. The maximum Gasteiger partial charge on any atom is 0.0907 e. The van der Waals surface area contributed by atoms with Crippen LogP contribution in [0.5, 0.6) is 0 Å². The molecule has 1 aliphatic rings. The topological polar surface area (TPSA) is 60.2 Å². The van der Waals surface area contributed by atoms with E-state index in [0.717, 1.165) is 46.2 Å². The molecule has 1 aliphatic carbocycles. The molecule has 5 heteroatoms. The van der Waals surface area contributed by atoms with Gasteiger partial charge in [0.2, 0.25) is 0 Å². The lowest BCUT2D eigenvalue weighted by molar-refractivity contribution is 0.175. The first-order chi connectivity index (χ1) is 9.62. The minimum Gasteiger partial charge on any atom is -0.397 e. The van der Waals surface area contributed by atoms with Crippen molar-refractivity contribution < 1.29 is 4.74 Å². The Bertz CT molecular complexity index is 619. The number of nitrogen functional groups attached to an aromatic ring is 1. The number of nitrogens with zero attached hydrogens (tertiary/aromatic N) is 1. The lowest BCUT2D eigenvalue weighted by Gasteiger charge is -2.17. The number of aromatic nitrogens is 1. The summed E-state index contributed by atoms with van der Waals surface area (Å²) in [5, 5.41) is 4.59. The van der Waals surface area contributed by atoms with E-state index in [1.165, 1.54) is 12.8 Å². The zero-order valence-electron chi connectivity index (χ0n) is 12.0. The van der Waals surface area contributed by atoms with Gasteiger partial charge in [-0.05, 0) is 43.7 Å². The molecule has 0 aliphatic heterocycles. The summed E-state index contributed by atoms with van der Waals surface area (Å²) in [4.78, 5) is 4.53. The predicted molar refractivity (Wildman–Crippen MR) is 85.4 cm³/mol. The summed E-state index contributed by atoms with van der Waals surface area (Å²) in [6.07, 6.45) is 3.68. The Morgan fingerprint density at radius 3 is 2.95 bits per heavy atom. The fourth-order valence-electron chi connectivity index (χ4n) is 2.55. The molecule has 0 radical (unpaired) electrons. The molecule has 0 unspecified atom stereocenters. The smallest absolute Gasteiger partial charge is 0.0907 e. The van der Waals surface area contributed by atoms with E-state index in [2.05, 4.69) is 16.4 Å². The van der Waals surface area contributed by atoms with Crippen molar-refractivity contribution in [2.75, 3.05) is 31.3 Å². The number of nitrogens with one attached hydrogen (secondary N) is 1. The van der Waals surface area contributed by atoms with Crippen LogP contribution >= 0.6 is 11.3 Å².